The fraction of sp³-hybridized carbons (Fsp3) is 0.273. The molecule has 1 rings (SSSR count). The van der Waals surface area contributed by atoms with Gasteiger partial charge in [0.05, 0.1) is 19.1 Å². The molecule has 0 aromatic carbocycles. The molecule has 94 valence electrons. The fourth-order valence-electron chi connectivity index (χ4n) is 1.14. The van der Waals surface area contributed by atoms with Crippen molar-refractivity contribution in [3.05, 3.63) is 21.4 Å². The first-order chi connectivity index (χ1) is 8.56. The third-order valence-corrected chi connectivity index (χ3v) is 2.61. The van der Waals surface area contributed by atoms with E-state index in [-0.39, 0.29) is 30.1 Å². The molecule has 0 aliphatic heterocycles. The van der Waals surface area contributed by atoms with Crippen LogP contribution in [0.1, 0.15) is 18.4 Å². The molecule has 1 amide bonds. The van der Waals surface area contributed by atoms with Gasteiger partial charge in [0, 0.05) is 16.2 Å². The molecule has 0 unspecified atom stereocenters. The van der Waals surface area contributed by atoms with Gasteiger partial charge in [-0.25, -0.2) is 4.98 Å². The summed E-state index contributed by atoms with van der Waals surface area (Å²) < 4.78 is 5.23. The SMILES string of the molecule is COC(=O)CCC(=O)Nc1ncc(I)cc1C#N. The van der Waals surface area contributed by atoms with Crippen LogP contribution < -0.4 is 5.32 Å². The smallest absolute Gasteiger partial charge is 0.306 e. The number of carbonyl (C=O) groups is 2. The number of nitrogens with one attached hydrogen (secondary N) is 1. The van der Waals surface area contributed by atoms with E-state index in [9.17, 15) is 9.59 Å². The maximum absolute atomic E-state index is 11.5. The van der Waals surface area contributed by atoms with E-state index in [1.54, 1.807) is 6.07 Å². The summed E-state index contributed by atoms with van der Waals surface area (Å²) >= 11 is 2.02. The molecule has 1 aromatic heterocycles. The number of hydrogen-bond donors (Lipinski definition) is 1. The number of rotatable bonds is 4. The van der Waals surface area contributed by atoms with E-state index >= 15 is 0 Å². The Morgan fingerprint density at radius 1 is 1.56 bits per heavy atom. The Kier molecular flexibility index (Phi) is 5.51. The second kappa shape index (κ2) is 6.90. The van der Waals surface area contributed by atoms with E-state index in [2.05, 4.69) is 15.0 Å². The lowest BCUT2D eigenvalue weighted by Crippen LogP contribution is -2.15. The number of nitrogens with zero attached hydrogens (tertiary/aromatic N) is 2. The molecule has 0 fully saturated rings. The maximum atomic E-state index is 11.5. The number of ether oxygens (including phenoxy) is 1. The van der Waals surface area contributed by atoms with Crippen LogP contribution in [0.3, 0.4) is 0 Å². The van der Waals surface area contributed by atoms with Gasteiger partial charge in [-0.05, 0) is 28.7 Å². The highest BCUT2D eigenvalue weighted by Gasteiger charge is 2.10. The van der Waals surface area contributed by atoms with Crippen LogP contribution in [0.2, 0.25) is 0 Å². The van der Waals surface area contributed by atoms with E-state index in [1.807, 2.05) is 28.7 Å². The zero-order valence-electron chi connectivity index (χ0n) is 9.57. The average Bonchev–Trinajstić information content (AvgIpc) is 2.37. The zero-order valence-corrected chi connectivity index (χ0v) is 11.7. The Balaban J connectivity index is 2.65. The number of halogens is 1. The Morgan fingerprint density at radius 2 is 2.28 bits per heavy atom. The number of pyridine rings is 1. The minimum Gasteiger partial charge on any atom is -0.469 e. The van der Waals surface area contributed by atoms with Crippen molar-refractivity contribution in [3.8, 4) is 6.07 Å². The summed E-state index contributed by atoms with van der Waals surface area (Å²) in [5.41, 5.74) is 0.285. The molecule has 0 spiro atoms. The molecule has 0 radical (unpaired) electrons. The Labute approximate surface area is 117 Å². The van der Waals surface area contributed by atoms with E-state index in [4.69, 9.17) is 5.26 Å². The molecule has 6 nitrogen and oxygen atoms in total. The minimum absolute atomic E-state index is 0.00537. The average molecular weight is 359 g/mol. The number of esters is 1. The van der Waals surface area contributed by atoms with Gasteiger partial charge in [-0.2, -0.15) is 5.26 Å². The Hall–Kier alpha value is -1.69. The van der Waals surface area contributed by atoms with Crippen molar-refractivity contribution >= 4 is 40.3 Å². The third-order valence-electron chi connectivity index (χ3n) is 2.02. The number of hydrogen-bond acceptors (Lipinski definition) is 5. The third kappa shape index (κ3) is 4.29. The van der Waals surface area contributed by atoms with Gasteiger partial charge in [-0.15, -0.1) is 0 Å². The minimum atomic E-state index is -0.457. The van der Waals surface area contributed by atoms with Gasteiger partial charge in [0.25, 0.3) is 0 Å². The summed E-state index contributed by atoms with van der Waals surface area (Å²) in [6.07, 6.45) is 1.52. The Morgan fingerprint density at radius 3 is 2.89 bits per heavy atom. The molecule has 1 N–H and O–H groups in total. The Bertz CT molecular complexity index is 511. The van der Waals surface area contributed by atoms with Crippen molar-refractivity contribution in [2.45, 2.75) is 12.8 Å². The topological polar surface area (TPSA) is 92.1 Å². The zero-order chi connectivity index (χ0) is 13.5. The fourth-order valence-corrected chi connectivity index (χ4v) is 1.59. The predicted octanol–water partition coefficient (Wildman–Crippen LogP) is 1.45. The first-order valence-electron chi connectivity index (χ1n) is 4.99. The van der Waals surface area contributed by atoms with Crippen LogP contribution in [0.4, 0.5) is 5.82 Å². The van der Waals surface area contributed by atoms with Crippen LogP contribution in [-0.2, 0) is 14.3 Å². The number of anilines is 1. The van der Waals surface area contributed by atoms with Gasteiger partial charge in [0.2, 0.25) is 5.91 Å². The van der Waals surface area contributed by atoms with Crippen LogP contribution in [0, 0.1) is 14.9 Å². The molecule has 1 heterocycles. The maximum Gasteiger partial charge on any atom is 0.306 e. The predicted molar refractivity (Wildman–Crippen MR) is 71.5 cm³/mol. The lowest BCUT2D eigenvalue weighted by Gasteiger charge is -2.05. The van der Waals surface area contributed by atoms with Crippen LogP contribution in [0.15, 0.2) is 12.3 Å². The van der Waals surface area contributed by atoms with Crippen LogP contribution in [0.5, 0.6) is 0 Å². The largest absolute Gasteiger partial charge is 0.469 e. The van der Waals surface area contributed by atoms with Crippen molar-refractivity contribution in [1.29, 1.82) is 5.26 Å². The standard InChI is InChI=1S/C11H10IN3O3/c1-18-10(17)3-2-9(16)15-11-7(5-13)4-8(12)6-14-11/h4,6H,2-3H2,1H3,(H,14,15,16). The lowest BCUT2D eigenvalue weighted by atomic mass is 10.2. The summed E-state index contributed by atoms with van der Waals surface area (Å²) in [6, 6.07) is 3.56. The van der Waals surface area contributed by atoms with Crippen molar-refractivity contribution < 1.29 is 14.3 Å². The van der Waals surface area contributed by atoms with Crippen molar-refractivity contribution in [2.24, 2.45) is 0 Å². The summed E-state index contributed by atoms with van der Waals surface area (Å²) in [5.74, 6) is -0.639. The molecular formula is C11H10IN3O3. The highest BCUT2D eigenvalue weighted by atomic mass is 127. The number of aromatic nitrogens is 1. The second-order valence-corrected chi connectivity index (χ2v) is 4.53. The first kappa shape index (κ1) is 14.4. The number of amides is 1. The van der Waals surface area contributed by atoms with E-state index in [1.165, 1.54) is 13.3 Å². The van der Waals surface area contributed by atoms with Crippen LogP contribution in [-0.4, -0.2) is 24.0 Å². The van der Waals surface area contributed by atoms with Crippen molar-refractivity contribution in [2.75, 3.05) is 12.4 Å². The molecule has 1 aromatic rings. The molecule has 0 saturated heterocycles. The highest BCUT2D eigenvalue weighted by Crippen LogP contribution is 2.14. The van der Waals surface area contributed by atoms with Gasteiger partial charge in [-0.1, -0.05) is 0 Å². The number of nitriles is 1. The number of methoxy groups -OCH3 is 1. The van der Waals surface area contributed by atoms with Crippen LogP contribution >= 0.6 is 22.6 Å². The first-order valence-corrected chi connectivity index (χ1v) is 6.07. The van der Waals surface area contributed by atoms with Gasteiger partial charge < -0.3 is 10.1 Å². The van der Waals surface area contributed by atoms with Gasteiger partial charge in [0.1, 0.15) is 6.07 Å². The van der Waals surface area contributed by atoms with Crippen LogP contribution in [0.25, 0.3) is 0 Å². The van der Waals surface area contributed by atoms with Crippen molar-refractivity contribution in [1.82, 2.24) is 4.98 Å². The van der Waals surface area contributed by atoms with E-state index in [0.29, 0.717) is 0 Å². The highest BCUT2D eigenvalue weighted by molar-refractivity contribution is 14.1. The summed E-state index contributed by atoms with van der Waals surface area (Å²) in [4.78, 5) is 26.3. The molecule has 18 heavy (non-hydrogen) atoms. The van der Waals surface area contributed by atoms with Gasteiger partial charge in [-0.3, -0.25) is 9.59 Å². The molecular weight excluding hydrogens is 349 g/mol. The molecule has 7 heteroatoms. The van der Waals surface area contributed by atoms with Gasteiger partial charge in [0.15, 0.2) is 5.82 Å². The van der Waals surface area contributed by atoms with E-state index in [0.717, 1.165) is 3.57 Å². The quantitative estimate of drug-likeness (QED) is 0.649. The molecule has 0 saturated carbocycles. The molecule has 0 aliphatic carbocycles. The monoisotopic (exact) mass is 359 g/mol. The second-order valence-electron chi connectivity index (χ2n) is 3.29. The van der Waals surface area contributed by atoms with E-state index < -0.39 is 5.97 Å². The number of carbonyl (C=O) groups excluding carboxylic acids is 2. The summed E-state index contributed by atoms with van der Waals surface area (Å²) in [5, 5.41) is 11.4. The van der Waals surface area contributed by atoms with Crippen molar-refractivity contribution in [3.63, 3.8) is 0 Å². The lowest BCUT2D eigenvalue weighted by molar-refractivity contribution is -0.141. The summed E-state index contributed by atoms with van der Waals surface area (Å²) in [6.45, 7) is 0. The molecule has 0 bridgehead atoms. The normalized spacial score (nSPS) is 9.39. The molecule has 0 atom stereocenters. The van der Waals surface area contributed by atoms with Gasteiger partial charge >= 0.3 is 5.97 Å². The molecule has 0 aliphatic rings. The summed E-state index contributed by atoms with van der Waals surface area (Å²) in [7, 11) is 1.26.